The second-order valence-corrected chi connectivity index (χ2v) is 7.81. The van der Waals surface area contributed by atoms with Crippen molar-refractivity contribution in [2.75, 3.05) is 19.6 Å². The van der Waals surface area contributed by atoms with Crippen molar-refractivity contribution in [1.82, 2.24) is 4.90 Å². The van der Waals surface area contributed by atoms with Gasteiger partial charge in [-0.25, -0.2) is 0 Å². The first kappa shape index (κ1) is 16.8. The molecular formula is C18H33NO2. The Morgan fingerprint density at radius 3 is 2.48 bits per heavy atom. The minimum absolute atomic E-state index is 0.343. The SMILES string of the molecule is CC1CC(C)CC(CCN2CCCC(CCC(=O)O)C2)C1. The molecule has 1 N–H and O–H groups in total. The van der Waals surface area contributed by atoms with Crippen LogP contribution in [0.25, 0.3) is 0 Å². The quantitative estimate of drug-likeness (QED) is 0.804. The zero-order chi connectivity index (χ0) is 15.2. The molecule has 0 aromatic rings. The highest BCUT2D eigenvalue weighted by molar-refractivity contribution is 5.66. The summed E-state index contributed by atoms with van der Waals surface area (Å²) in [4.78, 5) is 13.3. The van der Waals surface area contributed by atoms with Crippen molar-refractivity contribution in [3.63, 3.8) is 0 Å². The van der Waals surface area contributed by atoms with Crippen LogP contribution >= 0.6 is 0 Å². The largest absolute Gasteiger partial charge is 0.481 e. The number of rotatable bonds is 6. The highest BCUT2D eigenvalue weighted by Crippen LogP contribution is 2.35. The second kappa shape index (κ2) is 8.17. The summed E-state index contributed by atoms with van der Waals surface area (Å²) in [6.45, 7) is 8.40. The van der Waals surface area contributed by atoms with Crippen molar-refractivity contribution >= 4 is 5.97 Å². The summed E-state index contributed by atoms with van der Waals surface area (Å²) >= 11 is 0. The Balaban J connectivity index is 1.69. The molecular weight excluding hydrogens is 262 g/mol. The molecule has 3 unspecified atom stereocenters. The number of carboxylic acids is 1. The third-order valence-corrected chi connectivity index (χ3v) is 5.50. The van der Waals surface area contributed by atoms with Crippen LogP contribution in [0.4, 0.5) is 0 Å². The van der Waals surface area contributed by atoms with Gasteiger partial charge < -0.3 is 10.0 Å². The zero-order valence-corrected chi connectivity index (χ0v) is 13.9. The van der Waals surface area contributed by atoms with E-state index in [0.717, 1.165) is 30.7 Å². The van der Waals surface area contributed by atoms with E-state index in [9.17, 15) is 4.79 Å². The monoisotopic (exact) mass is 295 g/mol. The highest BCUT2D eigenvalue weighted by Gasteiger charge is 2.25. The minimum atomic E-state index is -0.641. The van der Waals surface area contributed by atoms with Crippen LogP contribution in [0.2, 0.25) is 0 Å². The van der Waals surface area contributed by atoms with Crippen molar-refractivity contribution in [2.45, 2.75) is 65.2 Å². The van der Waals surface area contributed by atoms with Gasteiger partial charge in [0.2, 0.25) is 0 Å². The molecule has 21 heavy (non-hydrogen) atoms. The summed E-state index contributed by atoms with van der Waals surface area (Å²) in [6.07, 6.45) is 9.28. The first-order valence-electron chi connectivity index (χ1n) is 8.97. The number of hydrogen-bond acceptors (Lipinski definition) is 2. The molecule has 2 aliphatic rings. The van der Waals surface area contributed by atoms with Crippen molar-refractivity contribution in [3.05, 3.63) is 0 Å². The third kappa shape index (κ3) is 5.98. The summed E-state index contributed by atoms with van der Waals surface area (Å²) < 4.78 is 0. The van der Waals surface area contributed by atoms with Gasteiger partial charge in [-0.3, -0.25) is 4.79 Å². The van der Waals surface area contributed by atoms with Crippen LogP contribution in [-0.2, 0) is 4.79 Å². The molecule has 0 amide bonds. The lowest BCUT2D eigenvalue weighted by molar-refractivity contribution is -0.137. The van der Waals surface area contributed by atoms with Gasteiger partial charge in [0.15, 0.2) is 0 Å². The van der Waals surface area contributed by atoms with Crippen LogP contribution in [0.3, 0.4) is 0 Å². The fourth-order valence-corrected chi connectivity index (χ4v) is 4.63. The standard InChI is InChI=1S/C18H33NO2/c1-14-10-15(2)12-17(11-14)7-9-19-8-3-4-16(13-19)5-6-18(20)21/h14-17H,3-13H2,1-2H3,(H,20,21). The molecule has 1 saturated carbocycles. The summed E-state index contributed by atoms with van der Waals surface area (Å²) in [7, 11) is 0. The van der Waals surface area contributed by atoms with Crippen LogP contribution in [0.5, 0.6) is 0 Å². The van der Waals surface area contributed by atoms with Crippen LogP contribution < -0.4 is 0 Å². The first-order valence-corrected chi connectivity index (χ1v) is 8.97. The molecule has 1 aliphatic carbocycles. The molecule has 1 saturated heterocycles. The summed E-state index contributed by atoms with van der Waals surface area (Å²) in [6, 6.07) is 0. The zero-order valence-electron chi connectivity index (χ0n) is 13.9. The Hall–Kier alpha value is -0.570. The Kier molecular flexibility index (Phi) is 6.53. The molecule has 1 heterocycles. The van der Waals surface area contributed by atoms with Crippen molar-refractivity contribution in [2.24, 2.45) is 23.7 Å². The molecule has 122 valence electrons. The lowest BCUT2D eigenvalue weighted by Gasteiger charge is -2.36. The number of aliphatic carboxylic acids is 1. The average Bonchev–Trinajstić information content (AvgIpc) is 2.42. The topological polar surface area (TPSA) is 40.5 Å². The van der Waals surface area contributed by atoms with Gasteiger partial charge in [-0.05, 0) is 81.7 Å². The van der Waals surface area contributed by atoms with Gasteiger partial charge in [-0.15, -0.1) is 0 Å². The number of nitrogens with zero attached hydrogens (tertiary/aromatic N) is 1. The van der Waals surface area contributed by atoms with Crippen LogP contribution in [0.1, 0.15) is 65.2 Å². The van der Waals surface area contributed by atoms with E-state index in [4.69, 9.17) is 5.11 Å². The third-order valence-electron chi connectivity index (χ3n) is 5.50. The predicted molar refractivity (Wildman–Crippen MR) is 86.3 cm³/mol. The van der Waals surface area contributed by atoms with Gasteiger partial charge in [-0.2, -0.15) is 0 Å². The number of carboxylic acid groups (broad SMARTS) is 1. The molecule has 0 aromatic heterocycles. The van der Waals surface area contributed by atoms with Gasteiger partial charge in [0.1, 0.15) is 0 Å². The molecule has 0 aromatic carbocycles. The number of carbonyl (C=O) groups is 1. The second-order valence-electron chi connectivity index (χ2n) is 7.81. The Morgan fingerprint density at radius 1 is 1.10 bits per heavy atom. The summed E-state index contributed by atoms with van der Waals surface area (Å²) in [5.74, 6) is 2.70. The van der Waals surface area contributed by atoms with Gasteiger partial charge in [0.25, 0.3) is 0 Å². The van der Waals surface area contributed by atoms with Crippen LogP contribution in [0.15, 0.2) is 0 Å². The fraction of sp³-hybridized carbons (Fsp3) is 0.944. The van der Waals surface area contributed by atoms with E-state index < -0.39 is 5.97 Å². The normalized spacial score (nSPS) is 34.8. The van der Waals surface area contributed by atoms with Crippen molar-refractivity contribution in [3.8, 4) is 0 Å². The Bertz CT molecular complexity index is 321. The van der Waals surface area contributed by atoms with Crippen LogP contribution in [-0.4, -0.2) is 35.6 Å². The molecule has 2 rings (SSSR count). The molecule has 2 fully saturated rings. The van der Waals surface area contributed by atoms with Crippen LogP contribution in [0, 0.1) is 23.7 Å². The van der Waals surface area contributed by atoms with E-state index >= 15 is 0 Å². The van der Waals surface area contributed by atoms with E-state index in [1.165, 1.54) is 51.6 Å². The summed E-state index contributed by atoms with van der Waals surface area (Å²) in [5.41, 5.74) is 0. The van der Waals surface area contributed by atoms with E-state index in [1.54, 1.807) is 0 Å². The lowest BCUT2D eigenvalue weighted by atomic mass is 9.75. The minimum Gasteiger partial charge on any atom is -0.481 e. The van der Waals surface area contributed by atoms with E-state index in [-0.39, 0.29) is 0 Å². The van der Waals surface area contributed by atoms with Gasteiger partial charge in [0.05, 0.1) is 0 Å². The smallest absolute Gasteiger partial charge is 0.303 e. The van der Waals surface area contributed by atoms with Gasteiger partial charge in [0, 0.05) is 13.0 Å². The van der Waals surface area contributed by atoms with E-state index in [1.807, 2.05) is 0 Å². The molecule has 0 radical (unpaired) electrons. The summed E-state index contributed by atoms with van der Waals surface area (Å²) in [5, 5.41) is 8.82. The molecule has 0 bridgehead atoms. The number of piperidine rings is 1. The maximum absolute atomic E-state index is 10.7. The first-order chi connectivity index (χ1) is 10.0. The maximum Gasteiger partial charge on any atom is 0.303 e. The lowest BCUT2D eigenvalue weighted by Crippen LogP contribution is -2.37. The Morgan fingerprint density at radius 2 is 1.81 bits per heavy atom. The highest BCUT2D eigenvalue weighted by atomic mass is 16.4. The molecule has 3 atom stereocenters. The van der Waals surface area contributed by atoms with Crippen molar-refractivity contribution < 1.29 is 9.90 Å². The molecule has 3 nitrogen and oxygen atoms in total. The number of hydrogen-bond donors (Lipinski definition) is 1. The maximum atomic E-state index is 10.7. The average molecular weight is 295 g/mol. The molecule has 0 spiro atoms. The van der Waals surface area contributed by atoms with E-state index in [0.29, 0.717) is 12.3 Å². The van der Waals surface area contributed by atoms with Gasteiger partial charge in [-0.1, -0.05) is 13.8 Å². The molecule has 3 heteroatoms. The van der Waals surface area contributed by atoms with Crippen molar-refractivity contribution in [1.29, 1.82) is 0 Å². The predicted octanol–water partition coefficient (Wildman–Crippen LogP) is 4.03. The van der Waals surface area contributed by atoms with Gasteiger partial charge >= 0.3 is 5.97 Å². The Labute approximate surface area is 130 Å². The number of likely N-dealkylation sites (tertiary alicyclic amines) is 1. The fourth-order valence-electron chi connectivity index (χ4n) is 4.63. The molecule has 1 aliphatic heterocycles. The van der Waals surface area contributed by atoms with E-state index in [2.05, 4.69) is 18.7 Å².